The molecule has 0 unspecified atom stereocenters. The summed E-state index contributed by atoms with van der Waals surface area (Å²) in [6.45, 7) is 0.102. The van der Waals surface area contributed by atoms with Crippen molar-refractivity contribution in [2.75, 3.05) is 6.54 Å². The van der Waals surface area contributed by atoms with Gasteiger partial charge in [-0.05, 0) is 18.9 Å². The number of rotatable bonds is 9. The fourth-order valence-electron chi connectivity index (χ4n) is 1.99. The number of hydrazone groups is 1. The molecule has 1 aromatic rings. The number of hydrogen-bond acceptors (Lipinski definition) is 7. The second-order valence-corrected chi connectivity index (χ2v) is 5.10. The van der Waals surface area contributed by atoms with Crippen LogP contribution in [0.3, 0.4) is 0 Å². The molecular formula is C13H17N7O7. The van der Waals surface area contributed by atoms with Crippen molar-refractivity contribution in [1.82, 2.24) is 16.1 Å². The molecule has 1 rings (SSSR count). The minimum Gasteiger partial charge on any atom is -0.365 e. The van der Waals surface area contributed by atoms with Gasteiger partial charge in [0.25, 0.3) is 23.5 Å². The predicted molar refractivity (Wildman–Crippen MR) is 90.1 cm³/mol. The van der Waals surface area contributed by atoms with Crippen LogP contribution in [0.15, 0.2) is 29.4 Å². The Morgan fingerprint density at radius 1 is 1.30 bits per heavy atom. The molecule has 0 aromatic heterocycles. The minimum absolute atomic E-state index is 0.0335. The summed E-state index contributed by atoms with van der Waals surface area (Å²) in [5.74, 6) is -2.08. The standard InChI is InChI=1S/C13H17N7O7/c14-13(17-20(26)27)15-6-2-5-10(12(22)18-23)16-11(21)8-3-1-4-9(7-8)19(24)25/h1,3-4,7,10,23H,2,5-6H2,(H,16,21)(H,18,22)(H3,14,15,17)/t10-/m0/s1. The molecule has 14 heteroatoms. The van der Waals surface area contributed by atoms with Crippen molar-refractivity contribution >= 4 is 23.5 Å². The summed E-state index contributed by atoms with van der Waals surface area (Å²) in [5, 5.41) is 36.3. The van der Waals surface area contributed by atoms with Crippen molar-refractivity contribution in [1.29, 1.82) is 0 Å². The summed E-state index contributed by atoms with van der Waals surface area (Å²) in [4.78, 5) is 44.1. The molecule has 0 saturated heterocycles. The monoisotopic (exact) mass is 383 g/mol. The zero-order chi connectivity index (χ0) is 20.4. The van der Waals surface area contributed by atoms with E-state index in [2.05, 4.69) is 15.7 Å². The van der Waals surface area contributed by atoms with Crippen LogP contribution >= 0.6 is 0 Å². The molecule has 1 atom stereocenters. The fourth-order valence-corrected chi connectivity index (χ4v) is 1.99. The summed E-state index contributed by atoms with van der Waals surface area (Å²) in [6.07, 6.45) is 0.257. The smallest absolute Gasteiger partial charge is 0.270 e. The highest BCUT2D eigenvalue weighted by Gasteiger charge is 2.21. The Kier molecular flexibility index (Phi) is 8.05. The minimum atomic E-state index is -1.16. The summed E-state index contributed by atoms with van der Waals surface area (Å²) < 4.78 is 0. The molecule has 27 heavy (non-hydrogen) atoms. The molecule has 146 valence electrons. The van der Waals surface area contributed by atoms with Gasteiger partial charge in [-0.15, -0.1) is 0 Å². The maximum absolute atomic E-state index is 12.2. The number of nitrogens with zero attached hydrogens (tertiary/aromatic N) is 3. The van der Waals surface area contributed by atoms with Crippen LogP contribution in [0.2, 0.25) is 0 Å². The summed E-state index contributed by atoms with van der Waals surface area (Å²) >= 11 is 0. The number of amides is 2. The second kappa shape index (κ2) is 10.2. The molecule has 0 aliphatic rings. The largest absolute Gasteiger partial charge is 0.365 e. The van der Waals surface area contributed by atoms with E-state index in [4.69, 9.17) is 10.9 Å². The van der Waals surface area contributed by atoms with Gasteiger partial charge in [-0.25, -0.2) is 15.6 Å². The molecule has 14 nitrogen and oxygen atoms in total. The van der Waals surface area contributed by atoms with Gasteiger partial charge in [-0.2, -0.15) is 0 Å². The number of carbonyl (C=O) groups excluding carboxylic acids is 2. The van der Waals surface area contributed by atoms with Gasteiger partial charge in [-0.3, -0.25) is 24.9 Å². The molecule has 6 N–H and O–H groups in total. The van der Waals surface area contributed by atoms with Gasteiger partial charge < -0.3 is 16.4 Å². The Labute approximate surface area is 151 Å². The van der Waals surface area contributed by atoms with E-state index in [-0.39, 0.29) is 30.6 Å². The van der Waals surface area contributed by atoms with E-state index < -0.39 is 33.8 Å². The van der Waals surface area contributed by atoms with Crippen molar-refractivity contribution in [3.63, 3.8) is 0 Å². The van der Waals surface area contributed by atoms with Gasteiger partial charge in [0.1, 0.15) is 11.1 Å². The maximum Gasteiger partial charge on any atom is 0.270 e. The highest BCUT2D eigenvalue weighted by Crippen LogP contribution is 2.13. The van der Waals surface area contributed by atoms with Crippen LogP contribution in [0.25, 0.3) is 0 Å². The van der Waals surface area contributed by atoms with E-state index in [1.54, 1.807) is 0 Å². The van der Waals surface area contributed by atoms with Gasteiger partial charge in [0.2, 0.25) is 0 Å². The summed E-state index contributed by atoms with van der Waals surface area (Å²) in [7, 11) is 0. The molecule has 2 amide bonds. The van der Waals surface area contributed by atoms with Crippen LogP contribution in [-0.4, -0.2) is 45.5 Å². The average molecular weight is 383 g/mol. The quantitative estimate of drug-likeness (QED) is 0.0887. The van der Waals surface area contributed by atoms with Gasteiger partial charge in [0.15, 0.2) is 5.03 Å². The number of nitro benzene ring substituents is 1. The lowest BCUT2D eigenvalue weighted by Gasteiger charge is -2.16. The van der Waals surface area contributed by atoms with E-state index in [0.29, 0.717) is 0 Å². The SMILES string of the molecule is N/C(=N\[N+](=O)[O-])NCCC[C@H](NC(=O)c1cccc([N+](=O)[O-])c1)C(=O)NO. The normalized spacial score (nSPS) is 12.0. The van der Waals surface area contributed by atoms with Crippen LogP contribution in [0.4, 0.5) is 5.69 Å². The first-order valence-corrected chi connectivity index (χ1v) is 7.46. The van der Waals surface area contributed by atoms with Crippen LogP contribution in [0.1, 0.15) is 23.2 Å². The zero-order valence-corrected chi connectivity index (χ0v) is 13.8. The van der Waals surface area contributed by atoms with Crippen LogP contribution in [0.5, 0.6) is 0 Å². The van der Waals surface area contributed by atoms with Crippen LogP contribution < -0.4 is 21.8 Å². The molecule has 0 aliphatic heterocycles. The number of carbonyl (C=O) groups is 2. The number of hydroxylamine groups is 1. The van der Waals surface area contributed by atoms with Crippen molar-refractivity contribution in [2.24, 2.45) is 10.8 Å². The number of nitrogens with one attached hydrogen (secondary N) is 3. The van der Waals surface area contributed by atoms with Crippen molar-refractivity contribution in [3.05, 3.63) is 50.1 Å². The number of benzene rings is 1. The Morgan fingerprint density at radius 3 is 2.59 bits per heavy atom. The second-order valence-electron chi connectivity index (χ2n) is 5.10. The van der Waals surface area contributed by atoms with Crippen molar-refractivity contribution < 1.29 is 24.8 Å². The third kappa shape index (κ3) is 7.30. The van der Waals surface area contributed by atoms with Crippen molar-refractivity contribution in [3.8, 4) is 0 Å². The maximum atomic E-state index is 12.2. The van der Waals surface area contributed by atoms with E-state index in [1.165, 1.54) is 23.7 Å². The van der Waals surface area contributed by atoms with Crippen LogP contribution in [-0.2, 0) is 4.79 Å². The predicted octanol–water partition coefficient (Wildman–Crippen LogP) is -0.925. The number of nitro groups is 2. The van der Waals surface area contributed by atoms with Gasteiger partial charge in [0, 0.05) is 24.2 Å². The lowest BCUT2D eigenvalue weighted by molar-refractivity contribution is -0.485. The molecule has 0 fully saturated rings. The summed E-state index contributed by atoms with van der Waals surface area (Å²) in [6, 6.07) is 3.73. The van der Waals surface area contributed by atoms with Gasteiger partial charge in [0.05, 0.1) is 4.92 Å². The first-order valence-electron chi connectivity index (χ1n) is 7.46. The van der Waals surface area contributed by atoms with E-state index in [1.807, 2.05) is 0 Å². The highest BCUT2D eigenvalue weighted by molar-refractivity contribution is 5.97. The van der Waals surface area contributed by atoms with Crippen molar-refractivity contribution in [2.45, 2.75) is 18.9 Å². The Balaban J connectivity index is 2.68. The zero-order valence-electron chi connectivity index (χ0n) is 13.8. The van der Waals surface area contributed by atoms with Crippen LogP contribution in [0, 0.1) is 20.2 Å². The van der Waals surface area contributed by atoms with E-state index in [9.17, 15) is 29.8 Å². The third-order valence-electron chi connectivity index (χ3n) is 3.22. The first-order chi connectivity index (χ1) is 12.7. The molecule has 0 saturated carbocycles. The van der Waals surface area contributed by atoms with E-state index >= 15 is 0 Å². The topological polar surface area (TPSA) is 215 Å². The molecule has 0 radical (unpaired) electrons. The third-order valence-corrected chi connectivity index (χ3v) is 3.22. The lowest BCUT2D eigenvalue weighted by atomic mass is 10.1. The molecular weight excluding hydrogens is 366 g/mol. The molecule has 0 heterocycles. The molecule has 0 spiro atoms. The lowest BCUT2D eigenvalue weighted by Crippen LogP contribution is -2.46. The highest BCUT2D eigenvalue weighted by atomic mass is 16.7. The fraction of sp³-hybridized carbons (Fsp3) is 0.308. The number of non-ortho nitro benzene ring substituents is 1. The number of hydrogen-bond donors (Lipinski definition) is 5. The molecule has 0 bridgehead atoms. The Hall–Kier alpha value is -3.81. The number of guanidine groups is 1. The molecule has 0 aliphatic carbocycles. The Bertz CT molecular complexity index is 752. The number of nitrogens with two attached hydrogens (primary N) is 1. The molecule has 1 aromatic carbocycles. The summed E-state index contributed by atoms with van der Waals surface area (Å²) in [5.41, 5.74) is 6.30. The van der Waals surface area contributed by atoms with Gasteiger partial charge >= 0.3 is 0 Å². The Morgan fingerprint density at radius 2 is 2.00 bits per heavy atom. The first kappa shape index (κ1) is 21.2. The average Bonchev–Trinajstić information content (AvgIpc) is 2.62. The van der Waals surface area contributed by atoms with Gasteiger partial charge in [-0.1, -0.05) is 6.07 Å². The van der Waals surface area contributed by atoms with E-state index in [0.717, 1.165) is 6.07 Å².